The molecule has 0 aliphatic carbocycles. The van der Waals surface area contributed by atoms with Gasteiger partial charge in [-0.1, -0.05) is 30.3 Å². The van der Waals surface area contributed by atoms with Crippen molar-refractivity contribution in [2.24, 2.45) is 0 Å². The third-order valence-corrected chi connectivity index (χ3v) is 5.78. The van der Waals surface area contributed by atoms with Crippen LogP contribution in [0.4, 0.5) is 5.69 Å². The highest BCUT2D eigenvalue weighted by Crippen LogP contribution is 2.24. The van der Waals surface area contributed by atoms with Crippen LogP contribution in [0.15, 0.2) is 42.5 Å². The molecule has 3 rings (SSSR count). The molecule has 1 heterocycles. The molecule has 2 aromatic carbocycles. The molecule has 6 heteroatoms. The second-order valence-electron chi connectivity index (χ2n) is 6.46. The Morgan fingerprint density at radius 2 is 1.92 bits per heavy atom. The van der Waals surface area contributed by atoms with Crippen molar-refractivity contribution >= 4 is 21.6 Å². The first-order valence-electron chi connectivity index (χ1n) is 8.26. The van der Waals surface area contributed by atoms with E-state index < -0.39 is 10.0 Å². The van der Waals surface area contributed by atoms with Gasteiger partial charge in [0.25, 0.3) is 0 Å². The van der Waals surface area contributed by atoms with Crippen LogP contribution in [-0.2, 0) is 33.5 Å². The summed E-state index contributed by atoms with van der Waals surface area (Å²) in [6.45, 7) is 4.69. The molecule has 132 valence electrons. The molecule has 1 N–H and O–H groups in total. The van der Waals surface area contributed by atoms with Crippen LogP contribution in [0.3, 0.4) is 0 Å². The van der Waals surface area contributed by atoms with E-state index >= 15 is 0 Å². The third kappa shape index (κ3) is 4.20. The largest absolute Gasteiger partial charge is 0.338 e. The van der Waals surface area contributed by atoms with Gasteiger partial charge < -0.3 is 4.90 Å². The van der Waals surface area contributed by atoms with Crippen molar-refractivity contribution in [3.8, 4) is 0 Å². The molecule has 5 nitrogen and oxygen atoms in total. The number of aryl methyl sites for hydroxylation is 1. The van der Waals surface area contributed by atoms with Gasteiger partial charge in [0.15, 0.2) is 0 Å². The number of hydrogen-bond acceptors (Lipinski definition) is 3. The predicted octanol–water partition coefficient (Wildman–Crippen LogP) is 2.84. The van der Waals surface area contributed by atoms with Gasteiger partial charge in [0, 0.05) is 25.7 Å². The molecular weight excluding hydrogens is 336 g/mol. The molecule has 0 aromatic heterocycles. The summed E-state index contributed by atoms with van der Waals surface area (Å²) in [7, 11) is -3.50. The number of carbonyl (C=O) groups excluding carboxylic acids is 1. The molecule has 0 atom stereocenters. The minimum Gasteiger partial charge on any atom is -0.338 e. The highest BCUT2D eigenvalue weighted by Gasteiger charge is 2.19. The number of amides is 1. The van der Waals surface area contributed by atoms with Gasteiger partial charge in [0.1, 0.15) is 0 Å². The average molecular weight is 358 g/mol. The Morgan fingerprint density at radius 1 is 1.16 bits per heavy atom. The number of anilines is 1. The Labute approximate surface area is 148 Å². The van der Waals surface area contributed by atoms with Crippen molar-refractivity contribution in [1.29, 1.82) is 0 Å². The molecular formula is C19H22N2O3S. The summed E-state index contributed by atoms with van der Waals surface area (Å²) < 4.78 is 27.6. The lowest BCUT2D eigenvalue weighted by Gasteiger charge is -2.28. The van der Waals surface area contributed by atoms with Crippen LogP contribution in [0.1, 0.15) is 29.2 Å². The van der Waals surface area contributed by atoms with Gasteiger partial charge in [-0.3, -0.25) is 9.52 Å². The summed E-state index contributed by atoms with van der Waals surface area (Å²) >= 11 is 0. The fourth-order valence-electron chi connectivity index (χ4n) is 3.08. The summed E-state index contributed by atoms with van der Waals surface area (Å²) in [6.07, 6.45) is 0.797. The number of hydrogen-bond donors (Lipinski definition) is 1. The lowest BCUT2D eigenvalue weighted by atomic mass is 9.99. The number of sulfonamides is 1. The first-order valence-corrected chi connectivity index (χ1v) is 9.91. The zero-order chi connectivity index (χ0) is 18.0. The highest BCUT2D eigenvalue weighted by atomic mass is 32.2. The number of benzene rings is 2. The summed E-state index contributed by atoms with van der Waals surface area (Å²) in [4.78, 5) is 13.3. The van der Waals surface area contributed by atoms with Crippen LogP contribution in [0.25, 0.3) is 0 Å². The minimum atomic E-state index is -3.50. The molecule has 0 unspecified atom stereocenters. The fraction of sp³-hybridized carbons (Fsp3) is 0.316. The summed E-state index contributed by atoms with van der Waals surface area (Å²) in [5, 5.41) is 0. The Kier molecular flexibility index (Phi) is 4.81. The van der Waals surface area contributed by atoms with Crippen LogP contribution in [0.5, 0.6) is 0 Å². The van der Waals surface area contributed by atoms with E-state index in [0.717, 1.165) is 23.1 Å². The minimum absolute atomic E-state index is 0.0381. The molecule has 1 aliphatic heterocycles. The molecule has 0 spiro atoms. The topological polar surface area (TPSA) is 66.5 Å². The molecule has 1 amide bonds. The van der Waals surface area contributed by atoms with Crippen molar-refractivity contribution in [2.45, 2.75) is 32.6 Å². The summed E-state index contributed by atoms with van der Waals surface area (Å²) in [5.41, 5.74) is 4.45. The molecule has 2 aromatic rings. The zero-order valence-electron chi connectivity index (χ0n) is 14.5. The SMILES string of the molecule is CC(=O)N1CCc2ccc(NS(=O)(=O)Cc3ccccc3C)cc2C1. The Balaban J connectivity index is 1.78. The Hall–Kier alpha value is -2.34. The Bertz CT molecular complexity index is 907. The molecule has 0 bridgehead atoms. The van der Waals surface area contributed by atoms with Crippen molar-refractivity contribution in [3.05, 3.63) is 64.7 Å². The van der Waals surface area contributed by atoms with Gasteiger partial charge in [-0.15, -0.1) is 0 Å². The van der Waals surface area contributed by atoms with E-state index in [4.69, 9.17) is 0 Å². The second kappa shape index (κ2) is 6.88. The van der Waals surface area contributed by atoms with Crippen LogP contribution < -0.4 is 4.72 Å². The van der Waals surface area contributed by atoms with E-state index in [1.807, 2.05) is 43.3 Å². The van der Waals surface area contributed by atoms with Crippen LogP contribution in [-0.4, -0.2) is 25.8 Å². The molecule has 0 fully saturated rings. The molecule has 0 saturated heterocycles. The molecule has 25 heavy (non-hydrogen) atoms. The van der Waals surface area contributed by atoms with Gasteiger partial charge in [-0.05, 0) is 47.7 Å². The predicted molar refractivity (Wildman–Crippen MR) is 98.7 cm³/mol. The first-order chi connectivity index (χ1) is 11.8. The summed E-state index contributed by atoms with van der Waals surface area (Å²) in [6, 6.07) is 13.0. The fourth-order valence-corrected chi connectivity index (χ4v) is 4.37. The van der Waals surface area contributed by atoms with Gasteiger partial charge in [-0.2, -0.15) is 0 Å². The zero-order valence-corrected chi connectivity index (χ0v) is 15.3. The lowest BCUT2D eigenvalue weighted by molar-refractivity contribution is -0.129. The van der Waals surface area contributed by atoms with Crippen molar-refractivity contribution in [2.75, 3.05) is 11.3 Å². The van der Waals surface area contributed by atoms with Gasteiger partial charge in [0.2, 0.25) is 15.9 Å². The van der Waals surface area contributed by atoms with Crippen LogP contribution in [0.2, 0.25) is 0 Å². The maximum Gasteiger partial charge on any atom is 0.236 e. The number of carbonyl (C=O) groups is 1. The average Bonchev–Trinajstić information content (AvgIpc) is 2.55. The monoisotopic (exact) mass is 358 g/mol. The smallest absolute Gasteiger partial charge is 0.236 e. The first kappa shape index (κ1) is 17.5. The van der Waals surface area contributed by atoms with Crippen molar-refractivity contribution in [3.63, 3.8) is 0 Å². The van der Waals surface area contributed by atoms with Crippen LogP contribution >= 0.6 is 0 Å². The second-order valence-corrected chi connectivity index (χ2v) is 8.18. The third-order valence-electron chi connectivity index (χ3n) is 4.54. The molecule has 0 radical (unpaired) electrons. The van der Waals surface area contributed by atoms with E-state index in [2.05, 4.69) is 4.72 Å². The van der Waals surface area contributed by atoms with Crippen molar-refractivity contribution in [1.82, 2.24) is 4.90 Å². The van der Waals surface area contributed by atoms with Gasteiger partial charge in [0.05, 0.1) is 5.75 Å². The van der Waals surface area contributed by atoms with Crippen molar-refractivity contribution < 1.29 is 13.2 Å². The number of nitrogens with zero attached hydrogens (tertiary/aromatic N) is 1. The molecule has 0 saturated carbocycles. The standard InChI is InChI=1S/C19H22N2O3S/c1-14-5-3-4-6-17(14)13-25(23,24)20-19-8-7-16-9-10-21(15(2)22)12-18(16)11-19/h3-8,11,20H,9-10,12-13H2,1-2H3. The van der Waals surface area contributed by atoms with E-state index in [9.17, 15) is 13.2 Å². The van der Waals surface area contributed by atoms with E-state index in [-0.39, 0.29) is 11.7 Å². The van der Waals surface area contributed by atoms with E-state index in [1.54, 1.807) is 17.9 Å². The quantitative estimate of drug-likeness (QED) is 0.914. The van der Waals surface area contributed by atoms with Gasteiger partial charge in [-0.25, -0.2) is 8.42 Å². The van der Waals surface area contributed by atoms with Crippen LogP contribution in [0, 0.1) is 6.92 Å². The molecule has 1 aliphatic rings. The Morgan fingerprint density at radius 3 is 2.64 bits per heavy atom. The highest BCUT2D eigenvalue weighted by molar-refractivity contribution is 7.91. The van der Waals surface area contributed by atoms with Gasteiger partial charge >= 0.3 is 0 Å². The lowest BCUT2D eigenvalue weighted by Crippen LogP contribution is -2.34. The maximum atomic E-state index is 12.5. The normalized spacial score (nSPS) is 14.1. The summed E-state index contributed by atoms with van der Waals surface area (Å²) in [5.74, 6) is -0.0211. The number of nitrogens with one attached hydrogen (secondary N) is 1. The van der Waals surface area contributed by atoms with E-state index in [1.165, 1.54) is 5.56 Å². The number of fused-ring (bicyclic) bond motifs is 1. The number of rotatable bonds is 4. The van der Waals surface area contributed by atoms with E-state index in [0.29, 0.717) is 18.8 Å². The maximum absolute atomic E-state index is 12.5.